The van der Waals surface area contributed by atoms with Crippen LogP contribution in [0.1, 0.15) is 62.9 Å². The van der Waals surface area contributed by atoms with Crippen molar-refractivity contribution in [2.45, 2.75) is 88.4 Å². The van der Waals surface area contributed by atoms with E-state index in [1.54, 1.807) is 4.90 Å². The summed E-state index contributed by atoms with van der Waals surface area (Å²) in [5, 5.41) is 9.73. The van der Waals surface area contributed by atoms with Crippen molar-refractivity contribution < 1.29 is 36.3 Å². The van der Waals surface area contributed by atoms with Gasteiger partial charge in [0.05, 0.1) is 19.0 Å². The molecule has 3 aliphatic rings. The van der Waals surface area contributed by atoms with E-state index < -0.39 is 35.7 Å². The van der Waals surface area contributed by atoms with E-state index in [0.29, 0.717) is 31.4 Å². The Morgan fingerprint density at radius 2 is 1.79 bits per heavy atom. The molecule has 2 aromatic rings. The summed E-state index contributed by atoms with van der Waals surface area (Å²) < 4.78 is 74.5. The minimum Gasteiger partial charge on any atom is -0.481 e. The zero-order chi connectivity index (χ0) is 30.4. The topological polar surface area (TPSA) is 103 Å². The second-order valence-electron chi connectivity index (χ2n) is 12.1. The average Bonchev–Trinajstić information content (AvgIpc) is 3.49. The van der Waals surface area contributed by atoms with Crippen molar-refractivity contribution in [2.75, 3.05) is 20.2 Å². The minimum absolute atomic E-state index is 0.0844. The predicted molar refractivity (Wildman–Crippen MR) is 142 cm³/mol. The Labute approximate surface area is 240 Å². The van der Waals surface area contributed by atoms with Crippen molar-refractivity contribution in [2.24, 2.45) is 5.92 Å². The molecule has 0 unspecified atom stereocenters. The van der Waals surface area contributed by atoms with E-state index in [-0.39, 0.29) is 67.0 Å². The molecule has 2 amide bonds. The second-order valence-corrected chi connectivity index (χ2v) is 12.1. The van der Waals surface area contributed by atoms with Crippen LogP contribution in [0.15, 0.2) is 18.3 Å². The van der Waals surface area contributed by atoms with Crippen molar-refractivity contribution >= 4 is 11.8 Å². The fourth-order valence-corrected chi connectivity index (χ4v) is 6.67. The van der Waals surface area contributed by atoms with Gasteiger partial charge in [-0.05, 0) is 58.4 Å². The number of aromatic amines is 1. The molecule has 3 fully saturated rings. The van der Waals surface area contributed by atoms with Crippen molar-refractivity contribution in [1.29, 1.82) is 0 Å². The summed E-state index contributed by atoms with van der Waals surface area (Å²) in [6, 6.07) is 0.207. The minimum atomic E-state index is -4.48. The molecule has 42 heavy (non-hydrogen) atoms. The number of nitrogens with zero attached hydrogens (tertiary/aromatic N) is 4. The first-order valence-corrected chi connectivity index (χ1v) is 14.1. The normalized spacial score (nSPS) is 26.8. The van der Waals surface area contributed by atoms with Crippen LogP contribution >= 0.6 is 0 Å². The third-order valence-corrected chi connectivity index (χ3v) is 8.45. The first-order chi connectivity index (χ1) is 19.7. The maximum absolute atomic E-state index is 14.4. The van der Waals surface area contributed by atoms with Crippen LogP contribution in [0, 0.1) is 11.7 Å². The molecule has 5 rings (SSSR count). The lowest BCUT2D eigenvalue weighted by Gasteiger charge is -2.43. The second kappa shape index (κ2) is 11.4. The van der Waals surface area contributed by atoms with Crippen LogP contribution in [-0.2, 0) is 4.79 Å². The molecule has 0 radical (unpaired) electrons. The molecule has 9 nitrogen and oxygen atoms in total. The third kappa shape index (κ3) is 6.37. The summed E-state index contributed by atoms with van der Waals surface area (Å²) in [7, 11) is 1.41. The Balaban J connectivity index is 1.22. The molecular formula is C28H35F5N6O3. The summed E-state index contributed by atoms with van der Waals surface area (Å²) in [5.74, 6) is -1.36. The number of amides is 2. The summed E-state index contributed by atoms with van der Waals surface area (Å²) in [6.07, 6.45) is -1.27. The van der Waals surface area contributed by atoms with Crippen LogP contribution in [0.4, 0.5) is 22.0 Å². The van der Waals surface area contributed by atoms with Crippen molar-refractivity contribution in [3.63, 3.8) is 0 Å². The molecule has 5 atom stereocenters. The van der Waals surface area contributed by atoms with E-state index in [1.807, 2.05) is 0 Å². The first kappa shape index (κ1) is 30.2. The lowest BCUT2D eigenvalue weighted by Crippen LogP contribution is -2.59. The molecule has 3 saturated heterocycles. The van der Waals surface area contributed by atoms with E-state index in [9.17, 15) is 31.5 Å². The molecule has 14 heteroatoms. The zero-order valence-electron chi connectivity index (χ0n) is 23.7. The molecule has 0 spiro atoms. The molecule has 0 saturated carbocycles. The van der Waals surface area contributed by atoms with Crippen molar-refractivity contribution in [3.8, 4) is 17.1 Å². The maximum Gasteiger partial charge on any atom is 0.404 e. The van der Waals surface area contributed by atoms with E-state index in [4.69, 9.17) is 4.74 Å². The summed E-state index contributed by atoms with van der Waals surface area (Å²) in [4.78, 5) is 33.3. The van der Waals surface area contributed by atoms with Gasteiger partial charge >= 0.3 is 6.18 Å². The van der Waals surface area contributed by atoms with Gasteiger partial charge in [0.15, 0.2) is 11.5 Å². The number of likely N-dealkylation sites (tertiary alicyclic amines) is 1. The van der Waals surface area contributed by atoms with Gasteiger partial charge in [-0.3, -0.25) is 19.6 Å². The number of carbonyl (C=O) groups excluding carboxylic acids is 2. The number of H-pyrrole nitrogens is 1. The summed E-state index contributed by atoms with van der Waals surface area (Å²) >= 11 is 0. The number of fused-ring (bicyclic) bond motifs is 2. The zero-order valence-corrected chi connectivity index (χ0v) is 23.7. The van der Waals surface area contributed by atoms with Crippen LogP contribution in [0.25, 0.3) is 11.3 Å². The average molecular weight is 599 g/mol. The number of alkyl halides is 4. The van der Waals surface area contributed by atoms with Crippen LogP contribution in [0.3, 0.4) is 0 Å². The number of carbonyl (C=O) groups is 2. The van der Waals surface area contributed by atoms with Crippen molar-refractivity contribution in [3.05, 3.63) is 29.8 Å². The lowest BCUT2D eigenvalue weighted by atomic mass is 9.88. The van der Waals surface area contributed by atoms with E-state index in [0.717, 1.165) is 11.1 Å². The van der Waals surface area contributed by atoms with Crippen LogP contribution in [0.2, 0.25) is 0 Å². The standard InChI is InChI=1S/C28H35F5N6O3/c1-27(2,30)14-38-13-16(4-7-23(38)28(31,32)33)35-25(40)15-8-17-5-6-18(9-15)39(17)26(41)22-11-21(36-37-22)19-10-24(42-3)34-12-20(19)29/h10-12,15-18,23H,4-9,13-14H2,1-3H3,(H,35,40)(H,36,37)/t15-,16-,17-,18+,23+/m0/s1. The highest BCUT2D eigenvalue weighted by Crippen LogP contribution is 2.40. The van der Waals surface area contributed by atoms with Crippen LogP contribution < -0.4 is 10.1 Å². The Hall–Kier alpha value is -3.29. The molecular weight excluding hydrogens is 563 g/mol. The lowest BCUT2D eigenvalue weighted by molar-refractivity contribution is -0.196. The van der Waals surface area contributed by atoms with Crippen molar-refractivity contribution in [1.82, 2.24) is 30.3 Å². The van der Waals surface area contributed by atoms with Gasteiger partial charge in [0.25, 0.3) is 5.91 Å². The number of halogens is 5. The number of pyridine rings is 1. The van der Waals surface area contributed by atoms with Gasteiger partial charge in [0.2, 0.25) is 11.8 Å². The Bertz CT molecular complexity index is 1300. The van der Waals surface area contributed by atoms with E-state index >= 15 is 0 Å². The van der Waals surface area contributed by atoms with Crippen LogP contribution in [-0.4, -0.2) is 93.0 Å². The number of methoxy groups -OCH3 is 1. The highest BCUT2D eigenvalue weighted by Gasteiger charge is 2.49. The molecule has 230 valence electrons. The highest BCUT2D eigenvalue weighted by molar-refractivity contribution is 5.94. The fraction of sp³-hybridized carbons (Fsp3) is 0.643. The van der Waals surface area contributed by atoms with E-state index in [2.05, 4.69) is 20.5 Å². The van der Waals surface area contributed by atoms with Gasteiger partial charge in [-0.15, -0.1) is 0 Å². The Morgan fingerprint density at radius 1 is 1.10 bits per heavy atom. The van der Waals surface area contributed by atoms with Crippen LogP contribution in [0.5, 0.6) is 5.88 Å². The Morgan fingerprint density at radius 3 is 2.40 bits per heavy atom. The number of piperidine rings is 2. The first-order valence-electron chi connectivity index (χ1n) is 14.1. The third-order valence-electron chi connectivity index (χ3n) is 8.45. The van der Waals surface area contributed by atoms with Gasteiger partial charge < -0.3 is 15.0 Å². The Kier molecular flexibility index (Phi) is 8.20. The highest BCUT2D eigenvalue weighted by atomic mass is 19.4. The molecule has 0 aliphatic carbocycles. The number of aromatic nitrogens is 3. The molecule has 3 aliphatic heterocycles. The number of nitrogens with one attached hydrogen (secondary N) is 2. The molecule has 2 aromatic heterocycles. The summed E-state index contributed by atoms with van der Waals surface area (Å²) in [5.41, 5.74) is -1.24. The fourth-order valence-electron chi connectivity index (χ4n) is 6.67. The SMILES string of the molecule is COc1cc(-c2cc(C(=O)N3[C@@H]4CC[C@H]3C[C@H](C(=O)N[C@H]3CC[C@H](C(F)(F)F)N(CC(C)(C)F)C3)C4)n[nH]2)c(F)cn1. The summed E-state index contributed by atoms with van der Waals surface area (Å²) in [6.45, 7) is 2.01. The predicted octanol–water partition coefficient (Wildman–Crippen LogP) is 4.26. The smallest absolute Gasteiger partial charge is 0.404 e. The van der Waals surface area contributed by atoms with Gasteiger partial charge in [0, 0.05) is 48.8 Å². The number of ether oxygens (including phenoxy) is 1. The molecule has 2 N–H and O–H groups in total. The maximum atomic E-state index is 14.4. The molecule has 2 bridgehead atoms. The van der Waals surface area contributed by atoms with Gasteiger partial charge in [-0.1, -0.05) is 0 Å². The monoisotopic (exact) mass is 598 g/mol. The molecule has 5 heterocycles. The number of hydrogen-bond acceptors (Lipinski definition) is 6. The van der Waals surface area contributed by atoms with E-state index in [1.165, 1.54) is 33.1 Å². The number of rotatable bonds is 7. The van der Waals surface area contributed by atoms with Gasteiger partial charge in [-0.2, -0.15) is 18.3 Å². The quantitative estimate of drug-likeness (QED) is 0.462. The number of hydrogen-bond donors (Lipinski definition) is 2. The molecule has 0 aromatic carbocycles. The van der Waals surface area contributed by atoms with Gasteiger partial charge in [0.1, 0.15) is 11.7 Å². The van der Waals surface area contributed by atoms with Gasteiger partial charge in [-0.25, -0.2) is 13.8 Å². The largest absolute Gasteiger partial charge is 0.481 e.